The molecule has 0 aliphatic rings. The Morgan fingerprint density at radius 1 is 1.12 bits per heavy atom. The Balaban J connectivity index is 2.19. The van der Waals surface area contributed by atoms with Gasteiger partial charge in [-0.2, -0.15) is 0 Å². The van der Waals surface area contributed by atoms with Crippen molar-refractivity contribution in [3.05, 3.63) is 35.4 Å². The van der Waals surface area contributed by atoms with Crippen LogP contribution in [0.15, 0.2) is 24.3 Å². The zero-order chi connectivity index (χ0) is 12.5. The molecule has 2 nitrogen and oxygen atoms in total. The van der Waals surface area contributed by atoms with Crippen LogP contribution in [0.25, 0.3) is 0 Å². The van der Waals surface area contributed by atoms with Crippen molar-refractivity contribution in [1.29, 1.82) is 0 Å². The maximum atomic E-state index is 5.01. The van der Waals surface area contributed by atoms with Gasteiger partial charge in [-0.3, -0.25) is 0 Å². The van der Waals surface area contributed by atoms with Crippen LogP contribution in [0.2, 0.25) is 0 Å². The molecule has 2 heteroatoms. The van der Waals surface area contributed by atoms with Crippen molar-refractivity contribution in [3.8, 4) is 0 Å². The van der Waals surface area contributed by atoms with Crippen molar-refractivity contribution in [2.75, 3.05) is 20.3 Å². The van der Waals surface area contributed by atoms with Gasteiger partial charge in [0.1, 0.15) is 0 Å². The Labute approximate surface area is 105 Å². The number of hydrogen-bond donors (Lipinski definition) is 1. The van der Waals surface area contributed by atoms with Gasteiger partial charge in [-0.1, -0.05) is 38.1 Å². The molecule has 0 amide bonds. The summed E-state index contributed by atoms with van der Waals surface area (Å²) in [6, 6.07) is 8.90. The van der Waals surface area contributed by atoms with Gasteiger partial charge in [-0.15, -0.1) is 0 Å². The maximum Gasteiger partial charge on any atom is 0.0462 e. The number of hydrogen-bond acceptors (Lipinski definition) is 2. The van der Waals surface area contributed by atoms with Crippen LogP contribution in [0.3, 0.4) is 0 Å². The number of ether oxygens (including phenoxy) is 1. The van der Waals surface area contributed by atoms with Gasteiger partial charge in [0.05, 0.1) is 0 Å². The number of benzene rings is 1. The number of unbranched alkanes of at least 4 members (excludes halogenated alkanes) is 1. The Bertz CT molecular complexity index is 292. The average molecular weight is 235 g/mol. The molecule has 0 aromatic heterocycles. The average Bonchev–Trinajstić information content (AvgIpc) is 2.34. The van der Waals surface area contributed by atoms with Crippen molar-refractivity contribution in [2.24, 2.45) is 0 Å². The van der Waals surface area contributed by atoms with Gasteiger partial charge in [0.2, 0.25) is 0 Å². The summed E-state index contributed by atoms with van der Waals surface area (Å²) in [7, 11) is 1.75. The quantitative estimate of drug-likeness (QED) is 0.698. The van der Waals surface area contributed by atoms with E-state index < -0.39 is 0 Å². The summed E-state index contributed by atoms with van der Waals surface area (Å²) in [5.74, 6) is 0.617. The Morgan fingerprint density at radius 3 is 2.41 bits per heavy atom. The molecule has 0 bridgehead atoms. The van der Waals surface area contributed by atoms with E-state index in [0.29, 0.717) is 5.92 Å². The van der Waals surface area contributed by atoms with Gasteiger partial charge in [0.25, 0.3) is 0 Å². The highest BCUT2D eigenvalue weighted by Gasteiger charge is 1.98. The topological polar surface area (TPSA) is 21.3 Å². The van der Waals surface area contributed by atoms with Gasteiger partial charge >= 0.3 is 0 Å². The molecule has 0 saturated heterocycles. The number of rotatable bonds is 8. The molecule has 1 aromatic rings. The molecule has 0 fully saturated rings. The highest BCUT2D eigenvalue weighted by molar-refractivity contribution is 5.24. The largest absolute Gasteiger partial charge is 0.385 e. The van der Waals surface area contributed by atoms with Gasteiger partial charge < -0.3 is 10.1 Å². The van der Waals surface area contributed by atoms with E-state index in [-0.39, 0.29) is 0 Å². The van der Waals surface area contributed by atoms with Gasteiger partial charge in [0.15, 0.2) is 0 Å². The molecular weight excluding hydrogens is 210 g/mol. The molecule has 0 unspecified atom stereocenters. The first-order valence-electron chi connectivity index (χ1n) is 6.52. The highest BCUT2D eigenvalue weighted by atomic mass is 16.5. The lowest BCUT2D eigenvalue weighted by Gasteiger charge is -2.08. The minimum Gasteiger partial charge on any atom is -0.385 e. The lowest BCUT2D eigenvalue weighted by atomic mass is 10.0. The van der Waals surface area contributed by atoms with Crippen LogP contribution in [0.5, 0.6) is 0 Å². The standard InChI is InChI=1S/C15H25NO/c1-13(2)15-8-6-14(7-9-15)12-16-10-4-5-11-17-3/h6-9,13,16H,4-5,10-12H2,1-3H3. The summed E-state index contributed by atoms with van der Waals surface area (Å²) in [4.78, 5) is 0. The van der Waals surface area contributed by atoms with E-state index in [1.165, 1.54) is 17.5 Å². The van der Waals surface area contributed by atoms with Crippen LogP contribution >= 0.6 is 0 Å². The molecule has 0 atom stereocenters. The van der Waals surface area contributed by atoms with E-state index in [1.54, 1.807) is 7.11 Å². The second-order valence-corrected chi connectivity index (χ2v) is 4.77. The van der Waals surface area contributed by atoms with E-state index in [4.69, 9.17) is 4.74 Å². The van der Waals surface area contributed by atoms with Gasteiger partial charge in [-0.05, 0) is 36.4 Å². The summed E-state index contributed by atoms with van der Waals surface area (Å²) in [5.41, 5.74) is 2.77. The molecule has 1 rings (SSSR count). The minimum absolute atomic E-state index is 0.617. The first-order chi connectivity index (χ1) is 8.24. The maximum absolute atomic E-state index is 5.01. The summed E-state index contributed by atoms with van der Waals surface area (Å²) in [6.45, 7) is 7.34. The SMILES string of the molecule is COCCCCNCc1ccc(C(C)C)cc1. The minimum atomic E-state index is 0.617. The van der Waals surface area contributed by atoms with E-state index in [0.717, 1.165) is 26.1 Å². The summed E-state index contributed by atoms with van der Waals surface area (Å²) < 4.78 is 5.01. The normalized spacial score (nSPS) is 11.1. The lowest BCUT2D eigenvalue weighted by molar-refractivity contribution is 0.192. The Hall–Kier alpha value is -0.860. The van der Waals surface area contributed by atoms with E-state index in [9.17, 15) is 0 Å². The smallest absolute Gasteiger partial charge is 0.0462 e. The van der Waals surface area contributed by atoms with Crippen molar-refractivity contribution in [3.63, 3.8) is 0 Å². The molecule has 17 heavy (non-hydrogen) atoms. The fraction of sp³-hybridized carbons (Fsp3) is 0.600. The fourth-order valence-electron chi connectivity index (χ4n) is 1.75. The predicted octanol–water partition coefficient (Wildman–Crippen LogP) is 3.33. The zero-order valence-electron chi connectivity index (χ0n) is 11.3. The van der Waals surface area contributed by atoms with Crippen LogP contribution in [0.4, 0.5) is 0 Å². The van der Waals surface area contributed by atoms with Crippen molar-refractivity contribution in [1.82, 2.24) is 5.32 Å². The second kappa shape index (κ2) is 8.26. The molecule has 0 radical (unpaired) electrons. The van der Waals surface area contributed by atoms with Crippen LogP contribution in [0.1, 0.15) is 43.7 Å². The van der Waals surface area contributed by atoms with Crippen molar-refractivity contribution < 1.29 is 4.74 Å². The molecule has 0 saturated carbocycles. The van der Waals surface area contributed by atoms with E-state index in [1.807, 2.05) is 0 Å². The molecule has 0 aliphatic carbocycles. The molecule has 96 valence electrons. The molecule has 1 aromatic carbocycles. The lowest BCUT2D eigenvalue weighted by Crippen LogP contribution is -2.15. The van der Waals surface area contributed by atoms with Crippen molar-refractivity contribution in [2.45, 2.75) is 39.2 Å². The molecule has 0 spiro atoms. The van der Waals surface area contributed by atoms with Gasteiger partial charge in [-0.25, -0.2) is 0 Å². The third-order valence-corrected chi connectivity index (χ3v) is 2.93. The zero-order valence-corrected chi connectivity index (χ0v) is 11.3. The molecule has 0 aliphatic heterocycles. The third kappa shape index (κ3) is 5.85. The second-order valence-electron chi connectivity index (χ2n) is 4.77. The first-order valence-corrected chi connectivity index (χ1v) is 6.52. The van der Waals surface area contributed by atoms with Crippen LogP contribution in [-0.4, -0.2) is 20.3 Å². The van der Waals surface area contributed by atoms with Crippen LogP contribution in [-0.2, 0) is 11.3 Å². The molecule has 0 heterocycles. The number of methoxy groups -OCH3 is 1. The van der Waals surface area contributed by atoms with Gasteiger partial charge in [0, 0.05) is 20.3 Å². The van der Waals surface area contributed by atoms with Crippen LogP contribution < -0.4 is 5.32 Å². The van der Waals surface area contributed by atoms with Crippen LogP contribution in [0, 0.1) is 0 Å². The van der Waals surface area contributed by atoms with Crippen molar-refractivity contribution >= 4 is 0 Å². The Kier molecular flexibility index (Phi) is 6.90. The highest BCUT2D eigenvalue weighted by Crippen LogP contribution is 2.14. The molecule has 1 N–H and O–H groups in total. The van der Waals surface area contributed by atoms with E-state index >= 15 is 0 Å². The summed E-state index contributed by atoms with van der Waals surface area (Å²) in [5, 5.41) is 3.45. The Morgan fingerprint density at radius 2 is 1.82 bits per heavy atom. The summed E-state index contributed by atoms with van der Waals surface area (Å²) >= 11 is 0. The third-order valence-electron chi connectivity index (χ3n) is 2.93. The monoisotopic (exact) mass is 235 g/mol. The van der Waals surface area contributed by atoms with E-state index in [2.05, 4.69) is 43.4 Å². The molecular formula is C15H25NO. The summed E-state index contributed by atoms with van der Waals surface area (Å²) in [6.07, 6.45) is 2.31. The predicted molar refractivity (Wildman–Crippen MR) is 73.3 cm³/mol. The fourth-order valence-corrected chi connectivity index (χ4v) is 1.75. The first kappa shape index (κ1) is 14.2. The number of nitrogens with one attached hydrogen (secondary N) is 1.